The minimum atomic E-state index is -0.543. The molecule has 3 N–H and O–H groups in total. The molecule has 0 aromatic heterocycles. The minimum Gasteiger partial charge on any atom is -0.368 e. The number of carbonyl (C=O) groups excluding carboxylic acids is 3. The number of amides is 3. The number of primary amides is 1. The molecular formula is C26H33N5O3. The first-order chi connectivity index (χ1) is 16.4. The van der Waals surface area contributed by atoms with Crippen molar-refractivity contribution in [1.82, 2.24) is 10.2 Å². The third-order valence-corrected chi connectivity index (χ3v) is 6.66. The molecule has 2 aromatic carbocycles. The van der Waals surface area contributed by atoms with Gasteiger partial charge in [-0.25, -0.2) is 0 Å². The summed E-state index contributed by atoms with van der Waals surface area (Å²) in [6.07, 6.45) is 2.23. The lowest BCUT2D eigenvalue weighted by Gasteiger charge is -2.38. The number of para-hydroxylation sites is 1. The maximum atomic E-state index is 12.6. The monoisotopic (exact) mass is 463 g/mol. The maximum Gasteiger partial charge on any atom is 0.251 e. The highest BCUT2D eigenvalue weighted by Crippen LogP contribution is 2.26. The van der Waals surface area contributed by atoms with Gasteiger partial charge in [-0.3, -0.25) is 14.4 Å². The van der Waals surface area contributed by atoms with E-state index in [-0.39, 0.29) is 11.8 Å². The van der Waals surface area contributed by atoms with Crippen LogP contribution >= 0.6 is 0 Å². The van der Waals surface area contributed by atoms with Gasteiger partial charge in [-0.05, 0) is 49.6 Å². The summed E-state index contributed by atoms with van der Waals surface area (Å²) in [6, 6.07) is 13.5. The Labute approximate surface area is 200 Å². The zero-order valence-corrected chi connectivity index (χ0v) is 19.8. The molecule has 8 heteroatoms. The Morgan fingerprint density at radius 1 is 0.971 bits per heavy atom. The Balaban J connectivity index is 1.36. The number of likely N-dealkylation sites (tertiary alicyclic amines) is 1. The molecule has 2 aliphatic heterocycles. The van der Waals surface area contributed by atoms with Gasteiger partial charge in [0.05, 0.1) is 5.56 Å². The molecule has 0 aliphatic carbocycles. The fraction of sp³-hybridized carbons (Fsp3) is 0.423. The van der Waals surface area contributed by atoms with Crippen LogP contribution in [0.1, 0.15) is 45.5 Å². The highest BCUT2D eigenvalue weighted by molar-refractivity contribution is 6.03. The first-order valence-electron chi connectivity index (χ1n) is 12.0. The molecule has 0 bridgehead atoms. The summed E-state index contributed by atoms with van der Waals surface area (Å²) in [7, 11) is 0. The van der Waals surface area contributed by atoms with E-state index < -0.39 is 5.91 Å². The number of rotatable bonds is 8. The average Bonchev–Trinajstić information content (AvgIpc) is 3.26. The van der Waals surface area contributed by atoms with Crippen LogP contribution in [0.2, 0.25) is 0 Å². The molecular weight excluding hydrogens is 430 g/mol. The Bertz CT molecular complexity index is 1060. The van der Waals surface area contributed by atoms with Gasteiger partial charge in [0.1, 0.15) is 0 Å². The lowest BCUT2D eigenvalue weighted by atomic mass is 10.1. The maximum absolute atomic E-state index is 12.6. The molecule has 0 radical (unpaired) electrons. The summed E-state index contributed by atoms with van der Waals surface area (Å²) in [5.41, 5.74) is 9.71. The van der Waals surface area contributed by atoms with Crippen molar-refractivity contribution >= 4 is 29.1 Å². The molecule has 180 valence electrons. The number of nitrogens with zero attached hydrogens (tertiary/aromatic N) is 3. The molecule has 0 saturated carbocycles. The van der Waals surface area contributed by atoms with Crippen molar-refractivity contribution in [1.29, 1.82) is 0 Å². The predicted octanol–water partition coefficient (Wildman–Crippen LogP) is 2.16. The van der Waals surface area contributed by atoms with Gasteiger partial charge in [-0.15, -0.1) is 0 Å². The molecule has 8 nitrogen and oxygen atoms in total. The van der Waals surface area contributed by atoms with E-state index in [2.05, 4.69) is 40.2 Å². The first kappa shape index (κ1) is 23.6. The van der Waals surface area contributed by atoms with Crippen LogP contribution < -0.4 is 20.9 Å². The van der Waals surface area contributed by atoms with Gasteiger partial charge in [-0.1, -0.05) is 18.2 Å². The fourth-order valence-electron chi connectivity index (χ4n) is 4.77. The van der Waals surface area contributed by atoms with Crippen molar-refractivity contribution in [3.05, 3.63) is 59.2 Å². The van der Waals surface area contributed by atoms with Gasteiger partial charge >= 0.3 is 0 Å². The number of carbonyl (C=O) groups is 3. The zero-order chi connectivity index (χ0) is 24.1. The van der Waals surface area contributed by atoms with Gasteiger partial charge in [-0.2, -0.15) is 0 Å². The van der Waals surface area contributed by atoms with E-state index in [1.54, 1.807) is 12.1 Å². The number of hydrogen-bond donors (Lipinski definition) is 2. The van der Waals surface area contributed by atoms with Gasteiger partial charge in [0.2, 0.25) is 5.91 Å². The summed E-state index contributed by atoms with van der Waals surface area (Å²) >= 11 is 0. The van der Waals surface area contributed by atoms with Crippen molar-refractivity contribution in [2.45, 2.75) is 26.2 Å². The number of aryl methyl sites for hydroxylation is 1. The van der Waals surface area contributed by atoms with Gasteiger partial charge in [0.25, 0.3) is 11.8 Å². The summed E-state index contributed by atoms with van der Waals surface area (Å²) in [5, 5.41) is 2.88. The SMILES string of the molecule is Cc1ccccc1N1CCN(c2ccc(C(=O)NCCCN3CCCC3=O)cc2C(N)=O)CC1. The van der Waals surface area contributed by atoms with Gasteiger partial charge < -0.3 is 25.8 Å². The molecule has 4 rings (SSSR count). The third-order valence-electron chi connectivity index (χ3n) is 6.66. The van der Waals surface area contributed by atoms with Crippen LogP contribution in [0.25, 0.3) is 0 Å². The van der Waals surface area contributed by atoms with Gasteiger partial charge in [0, 0.05) is 69.2 Å². The highest BCUT2D eigenvalue weighted by Gasteiger charge is 2.23. The number of nitrogens with two attached hydrogens (primary N) is 1. The standard InChI is InChI=1S/C26H33N5O3/c1-19-6-2-3-7-22(19)29-14-16-30(17-15-29)23-10-9-20(18-21(23)25(27)33)26(34)28-11-5-13-31-12-4-8-24(31)32/h2-3,6-7,9-10,18H,4-5,8,11-17H2,1H3,(H2,27,33)(H,28,34). The van der Waals surface area contributed by atoms with Crippen molar-refractivity contribution < 1.29 is 14.4 Å². The van der Waals surface area contributed by atoms with Crippen LogP contribution in [0.3, 0.4) is 0 Å². The topological polar surface area (TPSA) is 99.0 Å². The summed E-state index contributed by atoms with van der Waals surface area (Å²) < 4.78 is 0. The Hall–Kier alpha value is -3.55. The lowest BCUT2D eigenvalue weighted by Crippen LogP contribution is -2.47. The first-order valence-corrected chi connectivity index (χ1v) is 12.0. The van der Waals surface area contributed by atoms with E-state index in [1.807, 2.05) is 17.0 Å². The van der Waals surface area contributed by atoms with E-state index in [9.17, 15) is 14.4 Å². The smallest absolute Gasteiger partial charge is 0.251 e. The highest BCUT2D eigenvalue weighted by atomic mass is 16.2. The van der Waals surface area contributed by atoms with Crippen LogP contribution in [0.4, 0.5) is 11.4 Å². The molecule has 2 saturated heterocycles. The van der Waals surface area contributed by atoms with E-state index in [0.717, 1.165) is 44.8 Å². The van der Waals surface area contributed by atoms with E-state index in [4.69, 9.17) is 5.73 Å². The fourth-order valence-corrected chi connectivity index (χ4v) is 4.77. The minimum absolute atomic E-state index is 0.188. The number of benzene rings is 2. The van der Waals surface area contributed by atoms with Crippen molar-refractivity contribution in [3.8, 4) is 0 Å². The Morgan fingerprint density at radius 2 is 1.68 bits per heavy atom. The molecule has 2 heterocycles. The molecule has 2 aromatic rings. The molecule has 2 aliphatic rings. The average molecular weight is 464 g/mol. The molecule has 2 fully saturated rings. The quantitative estimate of drug-likeness (QED) is 0.585. The Kier molecular flexibility index (Phi) is 7.35. The Morgan fingerprint density at radius 3 is 2.32 bits per heavy atom. The second-order valence-electron chi connectivity index (χ2n) is 8.95. The molecule has 0 spiro atoms. The number of piperazine rings is 1. The van der Waals surface area contributed by atoms with Crippen LogP contribution in [0, 0.1) is 6.92 Å². The normalized spacial score (nSPS) is 16.1. The third kappa shape index (κ3) is 5.32. The van der Waals surface area contributed by atoms with E-state index in [1.165, 1.54) is 11.3 Å². The number of nitrogens with one attached hydrogen (secondary N) is 1. The lowest BCUT2D eigenvalue weighted by molar-refractivity contribution is -0.127. The van der Waals surface area contributed by atoms with Crippen molar-refractivity contribution in [2.24, 2.45) is 5.73 Å². The second kappa shape index (κ2) is 10.6. The largest absolute Gasteiger partial charge is 0.368 e. The predicted molar refractivity (Wildman–Crippen MR) is 133 cm³/mol. The van der Waals surface area contributed by atoms with E-state index >= 15 is 0 Å². The molecule has 3 amide bonds. The molecule has 0 atom stereocenters. The summed E-state index contributed by atoms with van der Waals surface area (Å²) in [6.45, 7) is 7.23. The van der Waals surface area contributed by atoms with Crippen molar-refractivity contribution in [3.63, 3.8) is 0 Å². The van der Waals surface area contributed by atoms with Crippen LogP contribution in [0.15, 0.2) is 42.5 Å². The summed E-state index contributed by atoms with van der Waals surface area (Å²) in [4.78, 5) is 42.9. The van der Waals surface area contributed by atoms with E-state index in [0.29, 0.717) is 37.1 Å². The number of hydrogen-bond acceptors (Lipinski definition) is 5. The summed E-state index contributed by atoms with van der Waals surface area (Å²) in [5.74, 6) is -0.600. The zero-order valence-electron chi connectivity index (χ0n) is 19.8. The van der Waals surface area contributed by atoms with Crippen LogP contribution in [0.5, 0.6) is 0 Å². The van der Waals surface area contributed by atoms with Gasteiger partial charge in [0.15, 0.2) is 0 Å². The van der Waals surface area contributed by atoms with Crippen molar-refractivity contribution in [2.75, 3.05) is 55.6 Å². The van der Waals surface area contributed by atoms with Crippen LogP contribution in [-0.4, -0.2) is 68.4 Å². The molecule has 0 unspecified atom stereocenters. The second-order valence-corrected chi connectivity index (χ2v) is 8.95. The van der Waals surface area contributed by atoms with Crippen LogP contribution in [-0.2, 0) is 4.79 Å². The molecule has 34 heavy (non-hydrogen) atoms. The number of anilines is 2.